The van der Waals surface area contributed by atoms with Gasteiger partial charge >= 0.3 is 0 Å². The molecule has 0 aliphatic carbocycles. The highest BCUT2D eigenvalue weighted by molar-refractivity contribution is 7.91. The van der Waals surface area contributed by atoms with E-state index in [0.29, 0.717) is 0 Å². The van der Waals surface area contributed by atoms with Crippen molar-refractivity contribution in [3.63, 3.8) is 0 Å². The van der Waals surface area contributed by atoms with Crippen molar-refractivity contribution in [3.05, 3.63) is 6.92 Å². The van der Waals surface area contributed by atoms with E-state index in [1.165, 1.54) is 6.26 Å². The smallest absolute Gasteiger partial charge is 0.0412 e. The molecule has 0 rings (SSSR count). The number of rotatable bonds is 1. The molecule has 0 aromatic heterocycles. The van der Waals surface area contributed by atoms with Gasteiger partial charge in [0.1, 0.15) is 0 Å². The van der Waals surface area contributed by atoms with E-state index in [2.05, 4.69) is 6.92 Å². The average Bonchev–Trinajstić information content (AvgIpc) is 1.35. The Morgan fingerprint density at radius 3 is 2.17 bits per heavy atom. The predicted molar refractivity (Wildman–Crippen MR) is 27.0 cm³/mol. The second-order valence-electron chi connectivity index (χ2n) is 1.21. The standard InChI is InChI=1S/C3H8NOS/c1-3-6(2,4)5/h4H,1,3H2,2H3. The average molecular weight is 106 g/mol. The van der Waals surface area contributed by atoms with Crippen molar-refractivity contribution in [1.82, 2.24) is 0 Å². The lowest BCUT2D eigenvalue weighted by atomic mass is 11.0. The lowest BCUT2D eigenvalue weighted by Gasteiger charge is -1.86. The van der Waals surface area contributed by atoms with Gasteiger partial charge in [0, 0.05) is 21.7 Å². The first-order valence-corrected chi connectivity index (χ1v) is 3.70. The van der Waals surface area contributed by atoms with Crippen LogP contribution in [-0.2, 0) is 9.73 Å². The molecule has 0 saturated heterocycles. The third kappa shape index (κ3) is 3.95. The Kier molecular flexibility index (Phi) is 1.59. The van der Waals surface area contributed by atoms with E-state index in [1.807, 2.05) is 0 Å². The van der Waals surface area contributed by atoms with Gasteiger partial charge in [-0.15, -0.1) is 0 Å². The fraction of sp³-hybridized carbons (Fsp3) is 0.667. The molecule has 3 heteroatoms. The highest BCUT2D eigenvalue weighted by Crippen LogP contribution is 1.77. The number of hydrogen-bond acceptors (Lipinski definition) is 2. The van der Waals surface area contributed by atoms with Gasteiger partial charge in [0.15, 0.2) is 0 Å². The molecule has 0 aromatic carbocycles. The van der Waals surface area contributed by atoms with Crippen molar-refractivity contribution < 1.29 is 4.21 Å². The third-order valence-electron chi connectivity index (χ3n) is 0.390. The van der Waals surface area contributed by atoms with Crippen LogP contribution in [-0.4, -0.2) is 16.2 Å². The van der Waals surface area contributed by atoms with Crippen molar-refractivity contribution in [2.45, 2.75) is 0 Å². The fourth-order valence-electron chi connectivity index (χ4n) is 0. The van der Waals surface area contributed by atoms with Gasteiger partial charge in [0.2, 0.25) is 0 Å². The molecule has 0 amide bonds. The minimum Gasteiger partial charge on any atom is -0.253 e. The van der Waals surface area contributed by atoms with Crippen LogP contribution < -0.4 is 0 Å². The van der Waals surface area contributed by atoms with Crippen molar-refractivity contribution in [2.24, 2.45) is 0 Å². The molecule has 0 fully saturated rings. The summed E-state index contributed by atoms with van der Waals surface area (Å²) in [6.45, 7) is 3.29. The quantitative estimate of drug-likeness (QED) is 0.519. The second-order valence-corrected chi connectivity index (χ2v) is 3.63. The molecule has 0 aliphatic heterocycles. The molecule has 0 heterocycles. The Balaban J connectivity index is 3.85. The van der Waals surface area contributed by atoms with Crippen molar-refractivity contribution >= 4 is 9.73 Å². The maximum atomic E-state index is 10.2. The van der Waals surface area contributed by atoms with Gasteiger partial charge in [0.25, 0.3) is 0 Å². The van der Waals surface area contributed by atoms with E-state index in [1.54, 1.807) is 0 Å². The van der Waals surface area contributed by atoms with Gasteiger partial charge in [-0.2, -0.15) is 0 Å². The van der Waals surface area contributed by atoms with Crippen molar-refractivity contribution in [3.8, 4) is 0 Å². The van der Waals surface area contributed by atoms with E-state index in [-0.39, 0.29) is 5.75 Å². The van der Waals surface area contributed by atoms with Crippen LogP contribution in [0.15, 0.2) is 0 Å². The monoisotopic (exact) mass is 106 g/mol. The predicted octanol–water partition coefficient (Wildman–Crippen LogP) is 0.497. The molecule has 0 spiro atoms. The van der Waals surface area contributed by atoms with Crippen LogP contribution in [0.3, 0.4) is 0 Å². The summed E-state index contributed by atoms with van der Waals surface area (Å²) in [6.07, 6.45) is 1.38. The fourth-order valence-corrected chi connectivity index (χ4v) is 0. The van der Waals surface area contributed by atoms with Gasteiger partial charge in [-0.1, -0.05) is 0 Å². The Hall–Kier alpha value is -0.0500. The van der Waals surface area contributed by atoms with Gasteiger partial charge in [-0.05, 0) is 6.92 Å². The van der Waals surface area contributed by atoms with Gasteiger partial charge < -0.3 is 0 Å². The summed E-state index contributed by atoms with van der Waals surface area (Å²) in [5, 5.41) is 0. The first-order valence-electron chi connectivity index (χ1n) is 1.57. The lowest BCUT2D eigenvalue weighted by Crippen LogP contribution is -1.94. The van der Waals surface area contributed by atoms with E-state index in [9.17, 15) is 4.21 Å². The summed E-state index contributed by atoms with van der Waals surface area (Å²) in [5.74, 6) is 0.215. The SMILES string of the molecule is [CH2]CS(C)(=N)=O. The summed E-state index contributed by atoms with van der Waals surface area (Å²) >= 11 is 0. The Morgan fingerprint density at radius 2 is 2.17 bits per heavy atom. The third-order valence-corrected chi connectivity index (χ3v) is 1.17. The van der Waals surface area contributed by atoms with E-state index >= 15 is 0 Å². The van der Waals surface area contributed by atoms with Crippen LogP contribution in [0.25, 0.3) is 0 Å². The van der Waals surface area contributed by atoms with E-state index in [4.69, 9.17) is 4.78 Å². The molecule has 1 atom stereocenters. The molecular weight excluding hydrogens is 98.1 g/mol. The molecule has 0 bridgehead atoms. The minimum atomic E-state index is -2.27. The maximum Gasteiger partial charge on any atom is 0.0412 e. The van der Waals surface area contributed by atoms with Crippen LogP contribution in [0.5, 0.6) is 0 Å². The summed E-state index contributed by atoms with van der Waals surface area (Å²) < 4.78 is 16.8. The van der Waals surface area contributed by atoms with Crippen LogP contribution in [0.1, 0.15) is 0 Å². The molecule has 2 nitrogen and oxygen atoms in total. The largest absolute Gasteiger partial charge is 0.253 e. The van der Waals surface area contributed by atoms with Crippen LogP contribution in [0.2, 0.25) is 0 Å². The lowest BCUT2D eigenvalue weighted by molar-refractivity contribution is 0.681. The zero-order valence-corrected chi connectivity index (χ0v) is 4.55. The molecule has 1 radical (unpaired) electrons. The number of hydrogen-bond donors (Lipinski definition) is 1. The maximum absolute atomic E-state index is 10.2. The van der Waals surface area contributed by atoms with Crippen LogP contribution >= 0.6 is 0 Å². The Morgan fingerprint density at radius 1 is 2.00 bits per heavy atom. The minimum absolute atomic E-state index is 0.215. The summed E-state index contributed by atoms with van der Waals surface area (Å²) in [5.41, 5.74) is 0. The summed E-state index contributed by atoms with van der Waals surface area (Å²) in [7, 11) is -2.27. The molecule has 1 unspecified atom stereocenters. The highest BCUT2D eigenvalue weighted by atomic mass is 32.2. The first-order chi connectivity index (χ1) is 2.56. The molecule has 37 valence electrons. The second kappa shape index (κ2) is 1.60. The Bertz CT molecular complexity index is 113. The Labute approximate surface area is 38.5 Å². The summed E-state index contributed by atoms with van der Waals surface area (Å²) in [4.78, 5) is 0. The van der Waals surface area contributed by atoms with E-state index < -0.39 is 9.73 Å². The van der Waals surface area contributed by atoms with E-state index in [0.717, 1.165) is 0 Å². The summed E-state index contributed by atoms with van der Waals surface area (Å²) in [6, 6.07) is 0. The van der Waals surface area contributed by atoms with Gasteiger partial charge in [0.05, 0.1) is 0 Å². The van der Waals surface area contributed by atoms with Crippen LogP contribution in [0, 0.1) is 11.7 Å². The normalized spacial score (nSPS) is 19.7. The van der Waals surface area contributed by atoms with Gasteiger partial charge in [-0.3, -0.25) is 8.99 Å². The topological polar surface area (TPSA) is 40.9 Å². The molecule has 6 heavy (non-hydrogen) atoms. The zero-order chi connectivity index (χ0) is 5.21. The van der Waals surface area contributed by atoms with Crippen molar-refractivity contribution in [1.29, 1.82) is 4.78 Å². The number of nitrogens with one attached hydrogen (secondary N) is 1. The zero-order valence-electron chi connectivity index (χ0n) is 3.73. The van der Waals surface area contributed by atoms with Crippen molar-refractivity contribution in [2.75, 3.05) is 12.0 Å². The van der Waals surface area contributed by atoms with Gasteiger partial charge in [-0.25, -0.2) is 0 Å². The highest BCUT2D eigenvalue weighted by Gasteiger charge is 1.85. The molecule has 1 N–H and O–H groups in total. The molecule has 0 aromatic rings. The molecule has 0 aliphatic rings. The van der Waals surface area contributed by atoms with Crippen LogP contribution in [0.4, 0.5) is 0 Å². The molecular formula is C3H8NOS. The first kappa shape index (κ1) is 5.95. The molecule has 0 saturated carbocycles.